The lowest BCUT2D eigenvalue weighted by Gasteiger charge is -2.34. The molecule has 0 aromatic carbocycles. The zero-order chi connectivity index (χ0) is 22.1. The van der Waals surface area contributed by atoms with Gasteiger partial charge in [-0.05, 0) is 33.1 Å². The number of hydrogen-bond donors (Lipinski definition) is 3. The molecular weight excluding hydrogens is 370 g/mol. The van der Waals surface area contributed by atoms with Crippen molar-refractivity contribution < 1.29 is 33.8 Å². The second kappa shape index (κ2) is 11.5. The second-order valence-corrected chi connectivity index (χ2v) is 7.74. The Morgan fingerprint density at radius 3 is 2.14 bits per heavy atom. The van der Waals surface area contributed by atoms with Crippen LogP contribution in [0, 0.1) is 5.92 Å². The topological polar surface area (TPSA) is 148 Å². The van der Waals surface area contributed by atoms with E-state index in [1.807, 2.05) is 0 Å². The summed E-state index contributed by atoms with van der Waals surface area (Å²) in [6.07, 6.45) is -1.25. The number of alkyl carbamates (subject to hydrolysis) is 1. The first kappa shape index (κ1) is 25.6. The molecule has 0 bridgehead atoms. The van der Waals surface area contributed by atoms with Crippen LogP contribution in [0.15, 0.2) is 0 Å². The van der Waals surface area contributed by atoms with Gasteiger partial charge in [-0.25, -0.2) is 4.79 Å². The number of nitrogens with two attached hydrogens (primary N) is 1. The molecule has 2 atom stereocenters. The van der Waals surface area contributed by atoms with Crippen molar-refractivity contribution >= 4 is 23.9 Å². The molecule has 0 aliphatic rings. The number of hydrogen-bond acceptors (Lipinski definition) is 6. The van der Waals surface area contributed by atoms with E-state index in [-0.39, 0.29) is 31.9 Å². The lowest BCUT2D eigenvalue weighted by Crippen LogP contribution is -2.58. The molecule has 0 aromatic heterocycles. The summed E-state index contributed by atoms with van der Waals surface area (Å²) in [5, 5.41) is 11.4. The molecule has 10 heteroatoms. The summed E-state index contributed by atoms with van der Waals surface area (Å²) in [5.74, 6) is -2.83. The molecule has 0 fully saturated rings. The smallest absolute Gasteiger partial charge is 0.408 e. The maximum absolute atomic E-state index is 13.1. The van der Waals surface area contributed by atoms with E-state index in [1.165, 1.54) is 7.11 Å². The van der Waals surface area contributed by atoms with Crippen molar-refractivity contribution in [2.75, 3.05) is 20.3 Å². The average Bonchev–Trinajstić information content (AvgIpc) is 2.52. The van der Waals surface area contributed by atoms with Crippen molar-refractivity contribution in [1.82, 2.24) is 10.2 Å². The van der Waals surface area contributed by atoms with E-state index in [1.54, 1.807) is 34.6 Å². The summed E-state index contributed by atoms with van der Waals surface area (Å²) in [7, 11) is 1.43. The number of nitrogens with zero attached hydrogens (tertiary/aromatic N) is 1. The highest BCUT2D eigenvalue weighted by molar-refractivity contribution is 5.91. The fourth-order valence-corrected chi connectivity index (χ4v) is 2.45. The molecule has 0 heterocycles. The SMILES string of the molecule is COCCN(C(=O)[C@@H](NC(=O)OC(C)(C)C)C(C)C)[C@H](CCC(=O)O)C(N)=O. The molecule has 0 unspecified atom stereocenters. The van der Waals surface area contributed by atoms with Gasteiger partial charge in [0, 0.05) is 20.1 Å². The number of carboxylic acid groups (broad SMARTS) is 1. The molecule has 162 valence electrons. The Bertz CT molecular complexity index is 558. The summed E-state index contributed by atoms with van der Waals surface area (Å²) >= 11 is 0. The summed E-state index contributed by atoms with van der Waals surface area (Å²) in [4.78, 5) is 49.2. The Morgan fingerprint density at radius 1 is 1.18 bits per heavy atom. The largest absolute Gasteiger partial charge is 0.481 e. The van der Waals surface area contributed by atoms with Crippen LogP contribution in [0.3, 0.4) is 0 Å². The standard InChI is InChI=1S/C18H33N3O7/c1-11(2)14(20-17(26)28-18(3,4)5)16(25)21(9-10-27-6)12(15(19)24)7-8-13(22)23/h11-12,14H,7-10H2,1-6H3,(H2,19,24)(H,20,26)(H,22,23)/t12-,14+/m1/s1. The molecule has 0 aliphatic heterocycles. The number of carbonyl (C=O) groups excluding carboxylic acids is 3. The van der Waals surface area contributed by atoms with Gasteiger partial charge in [-0.1, -0.05) is 13.8 Å². The van der Waals surface area contributed by atoms with Crippen LogP contribution >= 0.6 is 0 Å². The van der Waals surface area contributed by atoms with Crippen molar-refractivity contribution in [2.45, 2.75) is 65.1 Å². The lowest BCUT2D eigenvalue weighted by atomic mass is 10.0. The Labute approximate surface area is 165 Å². The summed E-state index contributed by atoms with van der Waals surface area (Å²) in [6, 6.07) is -2.13. The number of aliphatic carboxylic acids is 1. The third kappa shape index (κ3) is 9.54. The van der Waals surface area contributed by atoms with E-state index < -0.39 is 41.6 Å². The molecule has 0 radical (unpaired) electrons. The van der Waals surface area contributed by atoms with Gasteiger partial charge in [-0.2, -0.15) is 0 Å². The Hall–Kier alpha value is -2.36. The number of primary amides is 1. The van der Waals surface area contributed by atoms with E-state index in [2.05, 4.69) is 5.32 Å². The number of ether oxygens (including phenoxy) is 2. The Balaban J connectivity index is 5.61. The normalized spacial score (nSPS) is 13.5. The molecule has 0 aromatic rings. The third-order valence-electron chi connectivity index (χ3n) is 3.76. The van der Waals surface area contributed by atoms with E-state index >= 15 is 0 Å². The van der Waals surface area contributed by atoms with Crippen LogP contribution in [-0.4, -0.2) is 71.8 Å². The zero-order valence-corrected chi connectivity index (χ0v) is 17.5. The third-order valence-corrected chi connectivity index (χ3v) is 3.76. The Morgan fingerprint density at radius 2 is 1.75 bits per heavy atom. The number of nitrogens with one attached hydrogen (secondary N) is 1. The van der Waals surface area contributed by atoms with Gasteiger partial charge in [0.2, 0.25) is 11.8 Å². The van der Waals surface area contributed by atoms with Gasteiger partial charge in [0.25, 0.3) is 0 Å². The molecular formula is C18H33N3O7. The number of rotatable bonds is 11. The van der Waals surface area contributed by atoms with Gasteiger partial charge in [-0.15, -0.1) is 0 Å². The van der Waals surface area contributed by atoms with Gasteiger partial charge in [0.15, 0.2) is 0 Å². The van der Waals surface area contributed by atoms with Crippen LogP contribution in [0.5, 0.6) is 0 Å². The highest BCUT2D eigenvalue weighted by Gasteiger charge is 2.35. The summed E-state index contributed by atoms with van der Waals surface area (Å²) in [6.45, 7) is 8.66. The molecule has 0 aliphatic carbocycles. The number of methoxy groups -OCH3 is 1. The van der Waals surface area contributed by atoms with Crippen LogP contribution in [0.2, 0.25) is 0 Å². The highest BCUT2D eigenvalue weighted by Crippen LogP contribution is 2.15. The Kier molecular flexibility index (Phi) is 10.5. The maximum atomic E-state index is 13.1. The number of carboxylic acids is 1. The predicted octanol–water partition coefficient (Wildman–Crippen LogP) is 0.729. The molecule has 3 amide bonds. The average molecular weight is 403 g/mol. The monoisotopic (exact) mass is 403 g/mol. The summed E-state index contributed by atoms with van der Waals surface area (Å²) in [5.41, 5.74) is 4.67. The fourth-order valence-electron chi connectivity index (χ4n) is 2.45. The number of carbonyl (C=O) groups is 4. The van der Waals surface area contributed by atoms with Gasteiger partial charge >= 0.3 is 12.1 Å². The molecule has 10 nitrogen and oxygen atoms in total. The minimum absolute atomic E-state index is 0.0157. The fraction of sp³-hybridized carbons (Fsp3) is 0.778. The van der Waals surface area contributed by atoms with Gasteiger partial charge in [0.05, 0.1) is 6.61 Å². The van der Waals surface area contributed by atoms with E-state index in [0.717, 1.165) is 4.90 Å². The van der Waals surface area contributed by atoms with Crippen LogP contribution in [0.4, 0.5) is 4.79 Å². The minimum atomic E-state index is -1.14. The van der Waals surface area contributed by atoms with E-state index in [4.69, 9.17) is 20.3 Å². The number of amides is 3. The highest BCUT2D eigenvalue weighted by atomic mass is 16.6. The zero-order valence-electron chi connectivity index (χ0n) is 17.5. The van der Waals surface area contributed by atoms with Crippen molar-refractivity contribution in [2.24, 2.45) is 11.7 Å². The lowest BCUT2D eigenvalue weighted by molar-refractivity contribution is -0.144. The first-order valence-corrected chi connectivity index (χ1v) is 9.10. The van der Waals surface area contributed by atoms with Crippen molar-refractivity contribution in [3.05, 3.63) is 0 Å². The van der Waals surface area contributed by atoms with Gasteiger partial charge in [0.1, 0.15) is 17.7 Å². The molecule has 28 heavy (non-hydrogen) atoms. The van der Waals surface area contributed by atoms with Gasteiger partial charge in [-0.3, -0.25) is 14.4 Å². The molecule has 0 rings (SSSR count). The second-order valence-electron chi connectivity index (χ2n) is 7.74. The first-order valence-electron chi connectivity index (χ1n) is 9.10. The van der Waals surface area contributed by atoms with E-state index in [9.17, 15) is 19.2 Å². The van der Waals surface area contributed by atoms with Crippen LogP contribution in [-0.2, 0) is 23.9 Å². The van der Waals surface area contributed by atoms with Crippen molar-refractivity contribution in [3.63, 3.8) is 0 Å². The quantitative estimate of drug-likeness (QED) is 0.460. The van der Waals surface area contributed by atoms with Crippen molar-refractivity contribution in [3.8, 4) is 0 Å². The summed E-state index contributed by atoms with van der Waals surface area (Å²) < 4.78 is 10.2. The first-order chi connectivity index (χ1) is 12.8. The van der Waals surface area contributed by atoms with E-state index in [0.29, 0.717) is 0 Å². The van der Waals surface area contributed by atoms with Crippen LogP contribution in [0.25, 0.3) is 0 Å². The molecule has 4 N–H and O–H groups in total. The van der Waals surface area contributed by atoms with Crippen molar-refractivity contribution in [1.29, 1.82) is 0 Å². The molecule has 0 saturated carbocycles. The minimum Gasteiger partial charge on any atom is -0.481 e. The maximum Gasteiger partial charge on any atom is 0.408 e. The van der Waals surface area contributed by atoms with Crippen LogP contribution < -0.4 is 11.1 Å². The molecule has 0 saturated heterocycles. The predicted molar refractivity (Wildman–Crippen MR) is 101 cm³/mol. The van der Waals surface area contributed by atoms with Gasteiger partial charge < -0.3 is 30.5 Å². The van der Waals surface area contributed by atoms with Crippen LogP contribution in [0.1, 0.15) is 47.5 Å². The molecule has 0 spiro atoms.